The number of halogens is 2. The Labute approximate surface area is 163 Å². The Balaban J connectivity index is -0.000000270. The van der Waals surface area contributed by atoms with E-state index in [1.165, 1.54) is 0 Å². The average Bonchev–Trinajstić information content (AvgIpc) is 2.91. The fourth-order valence-electron chi connectivity index (χ4n) is 2.01. The van der Waals surface area contributed by atoms with Gasteiger partial charge in [-0.15, -0.1) is 0 Å². The van der Waals surface area contributed by atoms with Crippen LogP contribution in [0.3, 0.4) is 0 Å². The van der Waals surface area contributed by atoms with Gasteiger partial charge in [0.1, 0.15) is 0 Å². The van der Waals surface area contributed by atoms with Gasteiger partial charge in [0.25, 0.3) is 0 Å². The summed E-state index contributed by atoms with van der Waals surface area (Å²) in [6.45, 7) is 13.5. The van der Waals surface area contributed by atoms with E-state index in [1.54, 1.807) is 11.1 Å². The van der Waals surface area contributed by atoms with Gasteiger partial charge in [0.15, 0.2) is 0 Å². The van der Waals surface area contributed by atoms with Crippen LogP contribution in [0, 0.1) is 10.8 Å². The molecule has 0 bridgehead atoms. The summed E-state index contributed by atoms with van der Waals surface area (Å²) in [6.07, 6.45) is 15.5. The molecular formula is C18H28Cl2Zr. The van der Waals surface area contributed by atoms with E-state index < -0.39 is 0 Å². The van der Waals surface area contributed by atoms with E-state index in [0.717, 1.165) is 12.8 Å². The summed E-state index contributed by atoms with van der Waals surface area (Å²) in [6, 6.07) is 0. The molecule has 0 aromatic carbocycles. The Morgan fingerprint density at radius 1 is 0.667 bits per heavy atom. The van der Waals surface area contributed by atoms with Gasteiger partial charge < -0.3 is 24.8 Å². The fraction of sp³-hybridized carbons (Fsp3) is 0.556. The van der Waals surface area contributed by atoms with Gasteiger partial charge in [0, 0.05) is 0 Å². The Morgan fingerprint density at radius 2 is 0.952 bits per heavy atom. The summed E-state index contributed by atoms with van der Waals surface area (Å²) in [5, 5.41) is 0. The predicted octanol–water partition coefficient (Wildman–Crippen LogP) is -0.157. The van der Waals surface area contributed by atoms with E-state index in [4.69, 9.17) is 0 Å². The molecule has 2 rings (SSSR count). The van der Waals surface area contributed by atoms with E-state index in [9.17, 15) is 0 Å². The molecule has 2 aliphatic rings. The molecule has 0 nitrogen and oxygen atoms in total. The summed E-state index contributed by atoms with van der Waals surface area (Å²) >= 11 is 0. The van der Waals surface area contributed by atoms with Crippen LogP contribution in [-0.2, 0) is 26.2 Å². The second-order valence-corrected chi connectivity index (χ2v) is 7.15. The van der Waals surface area contributed by atoms with Crippen molar-refractivity contribution in [1.29, 1.82) is 0 Å². The predicted molar refractivity (Wildman–Crippen MR) is 82.6 cm³/mol. The second kappa shape index (κ2) is 11.0. The van der Waals surface area contributed by atoms with Crippen molar-refractivity contribution in [2.24, 2.45) is 10.8 Å². The molecule has 2 aliphatic carbocycles. The van der Waals surface area contributed by atoms with Crippen molar-refractivity contribution < 1.29 is 51.0 Å². The van der Waals surface area contributed by atoms with Gasteiger partial charge in [-0.3, -0.25) is 0 Å². The largest absolute Gasteiger partial charge is 2.00 e. The Hall–Kier alpha value is 0.423. The third kappa shape index (κ3) is 9.93. The number of rotatable bonds is 0. The molecule has 0 spiro atoms. The maximum absolute atomic E-state index is 2.26. The maximum Gasteiger partial charge on any atom is 2.00 e. The zero-order valence-electron chi connectivity index (χ0n) is 14.1. The van der Waals surface area contributed by atoms with Gasteiger partial charge in [-0.25, -0.2) is 0 Å². The molecule has 0 aromatic heterocycles. The van der Waals surface area contributed by atoms with Crippen molar-refractivity contribution in [2.75, 3.05) is 0 Å². The number of hydrogen-bond acceptors (Lipinski definition) is 0. The Bertz CT molecular complexity index is 362. The van der Waals surface area contributed by atoms with E-state index in [1.807, 2.05) is 0 Å². The van der Waals surface area contributed by atoms with E-state index in [0.29, 0.717) is 10.8 Å². The van der Waals surface area contributed by atoms with Crippen LogP contribution in [-0.4, -0.2) is 0 Å². The van der Waals surface area contributed by atoms with E-state index in [2.05, 4.69) is 78.0 Å². The molecule has 0 radical (unpaired) electrons. The first-order valence-corrected chi connectivity index (χ1v) is 6.93. The van der Waals surface area contributed by atoms with Crippen LogP contribution in [0.4, 0.5) is 0 Å². The first-order valence-electron chi connectivity index (χ1n) is 6.93. The van der Waals surface area contributed by atoms with E-state index in [-0.39, 0.29) is 51.0 Å². The molecule has 21 heavy (non-hydrogen) atoms. The SMILES string of the molecule is CC(C)(C)C1=CC=CC1.CC(C)(C)C1=CC=CC1.[Cl-].[Cl-].[Zr+2]. The third-order valence-corrected chi connectivity index (χ3v) is 3.47. The van der Waals surface area contributed by atoms with Gasteiger partial charge in [-0.2, -0.15) is 0 Å². The molecule has 0 aromatic rings. The van der Waals surface area contributed by atoms with Gasteiger partial charge in [0.2, 0.25) is 0 Å². The van der Waals surface area contributed by atoms with E-state index >= 15 is 0 Å². The van der Waals surface area contributed by atoms with Crippen molar-refractivity contribution in [1.82, 2.24) is 0 Å². The molecule has 0 saturated carbocycles. The van der Waals surface area contributed by atoms with Crippen LogP contribution in [0.2, 0.25) is 0 Å². The quantitative estimate of drug-likeness (QED) is 0.525. The number of hydrogen-bond donors (Lipinski definition) is 0. The summed E-state index contributed by atoms with van der Waals surface area (Å²) in [7, 11) is 0. The van der Waals surface area contributed by atoms with Gasteiger partial charge in [-0.05, 0) is 23.7 Å². The van der Waals surface area contributed by atoms with Crippen LogP contribution >= 0.6 is 0 Å². The summed E-state index contributed by atoms with van der Waals surface area (Å²) in [5.41, 5.74) is 3.84. The smallest absolute Gasteiger partial charge is 1.00 e. The topological polar surface area (TPSA) is 0 Å². The zero-order chi connectivity index (χ0) is 13.8. The first-order chi connectivity index (χ1) is 8.21. The molecule has 0 amide bonds. The molecule has 0 fully saturated rings. The average molecular weight is 407 g/mol. The van der Waals surface area contributed by atoms with Crippen molar-refractivity contribution >= 4 is 0 Å². The molecule has 0 heterocycles. The molecule has 0 saturated heterocycles. The van der Waals surface area contributed by atoms with Crippen LogP contribution < -0.4 is 24.8 Å². The van der Waals surface area contributed by atoms with Crippen LogP contribution in [0.1, 0.15) is 54.4 Å². The molecular weight excluding hydrogens is 378 g/mol. The maximum atomic E-state index is 2.26. The van der Waals surface area contributed by atoms with Crippen molar-refractivity contribution in [2.45, 2.75) is 54.4 Å². The zero-order valence-corrected chi connectivity index (χ0v) is 18.1. The first kappa shape index (κ1) is 26.3. The van der Waals surface area contributed by atoms with Crippen LogP contribution in [0.15, 0.2) is 47.6 Å². The van der Waals surface area contributed by atoms with Crippen LogP contribution in [0.25, 0.3) is 0 Å². The monoisotopic (exact) mass is 404 g/mol. The van der Waals surface area contributed by atoms with Crippen molar-refractivity contribution in [3.05, 3.63) is 47.6 Å². The molecule has 118 valence electrons. The van der Waals surface area contributed by atoms with Gasteiger partial charge >= 0.3 is 26.2 Å². The molecule has 0 atom stereocenters. The Kier molecular flexibility index (Phi) is 13.8. The third-order valence-electron chi connectivity index (χ3n) is 3.47. The van der Waals surface area contributed by atoms with Gasteiger partial charge in [0.05, 0.1) is 0 Å². The Morgan fingerprint density at radius 3 is 1.05 bits per heavy atom. The second-order valence-electron chi connectivity index (χ2n) is 7.15. The molecule has 0 unspecified atom stereocenters. The van der Waals surface area contributed by atoms with Crippen molar-refractivity contribution in [3.8, 4) is 0 Å². The van der Waals surface area contributed by atoms with Crippen molar-refractivity contribution in [3.63, 3.8) is 0 Å². The fourth-order valence-corrected chi connectivity index (χ4v) is 2.01. The summed E-state index contributed by atoms with van der Waals surface area (Å²) < 4.78 is 0. The molecule has 0 N–H and O–H groups in total. The minimum absolute atomic E-state index is 0. The van der Waals surface area contributed by atoms with Crippen LogP contribution in [0.5, 0.6) is 0 Å². The van der Waals surface area contributed by atoms with Gasteiger partial charge in [-0.1, -0.05) is 89.1 Å². The normalized spacial score (nSPS) is 15.7. The minimum Gasteiger partial charge on any atom is -1.00 e. The summed E-state index contributed by atoms with van der Waals surface area (Å²) in [4.78, 5) is 0. The minimum atomic E-state index is 0. The molecule has 0 aliphatic heterocycles. The summed E-state index contributed by atoms with van der Waals surface area (Å²) in [5.74, 6) is 0. The standard InChI is InChI=1S/2C9H14.2ClH.Zr/c2*1-9(2,3)8-6-4-5-7-8;;;/h2*4-6H,7H2,1-3H3;2*1H;/q;;;;+2/p-2. The molecule has 3 heteroatoms. The number of allylic oxidation sites excluding steroid dienone is 8.